The number of nitrogens with one attached hydrogen (secondary N) is 2. The lowest BCUT2D eigenvalue weighted by molar-refractivity contribution is -0.139. The van der Waals surface area contributed by atoms with Gasteiger partial charge in [0.05, 0.1) is 18.2 Å². The molecule has 3 amide bonds. The number of Topliss-reactive ketones (excluding diaryl/α,β-unsaturated/α-hetero) is 1. The van der Waals surface area contributed by atoms with E-state index in [2.05, 4.69) is 10.6 Å². The third kappa shape index (κ3) is 6.51. The number of amides is 3. The van der Waals surface area contributed by atoms with Crippen molar-refractivity contribution in [1.82, 2.24) is 14.8 Å². The number of benzene rings is 2. The van der Waals surface area contributed by atoms with E-state index >= 15 is 0 Å². The predicted molar refractivity (Wildman–Crippen MR) is 148 cm³/mol. The Balaban J connectivity index is 1.29. The number of carbonyl (C=O) groups is 4. The van der Waals surface area contributed by atoms with Gasteiger partial charge >= 0.3 is 6.09 Å². The van der Waals surface area contributed by atoms with Crippen molar-refractivity contribution in [2.45, 2.75) is 51.5 Å². The number of hydrogen-bond donors (Lipinski definition) is 2. The number of ketones is 1. The van der Waals surface area contributed by atoms with E-state index in [4.69, 9.17) is 16.3 Å². The largest absolute Gasteiger partial charge is 0.449 e. The zero-order valence-electron chi connectivity index (χ0n) is 22.3. The minimum absolute atomic E-state index is 0.0847. The Morgan fingerprint density at radius 3 is 2.66 bits per heavy atom. The lowest BCUT2D eigenvalue weighted by Gasteiger charge is -2.24. The van der Waals surface area contributed by atoms with Crippen LogP contribution in [0.15, 0.2) is 42.6 Å². The highest BCUT2D eigenvalue weighted by atomic mass is 35.5. The lowest BCUT2D eigenvalue weighted by Crippen LogP contribution is -2.46. The minimum atomic E-state index is -1.40. The molecule has 9 nitrogen and oxygen atoms in total. The minimum Gasteiger partial charge on any atom is -0.449 e. The fraction of sp³-hybridized carbons (Fsp3) is 0.379. The topological polar surface area (TPSA) is 110 Å². The maximum absolute atomic E-state index is 14.4. The first-order chi connectivity index (χ1) is 19.6. The standard InChI is InChI=1S/C29H29ClF2N4O5/c1-16(37)22-13-35(24-8-7-20(10-21(22)24)34-29(40)41-15-17-5-6-17)14-26(38)36-12-19(31)9-25(36)28(39)33-11-18-3-2-4-23(30)27(18)32/h2-4,7-8,10,13,17,19,25H,5-6,9,11-12,14-15H2,1H3,(H,33,39)(H,34,40)/t19-,25+/m1/s1. The molecule has 0 unspecified atom stereocenters. The number of rotatable bonds is 9. The van der Waals surface area contributed by atoms with Crippen LogP contribution in [0.25, 0.3) is 10.9 Å². The van der Waals surface area contributed by atoms with Crippen molar-refractivity contribution in [2.75, 3.05) is 18.5 Å². The zero-order valence-corrected chi connectivity index (χ0v) is 23.0. The molecular weight excluding hydrogens is 558 g/mol. The van der Waals surface area contributed by atoms with Crippen molar-refractivity contribution in [3.05, 3.63) is 64.6 Å². The SMILES string of the molecule is CC(=O)c1cn(CC(=O)N2C[C@H](F)C[C@H]2C(=O)NCc2cccc(Cl)c2F)c2ccc(NC(=O)OCC3CC3)cc12. The molecule has 41 heavy (non-hydrogen) atoms. The van der Waals surface area contributed by atoms with E-state index < -0.39 is 35.9 Å². The molecule has 2 fully saturated rings. The smallest absolute Gasteiger partial charge is 0.411 e. The highest BCUT2D eigenvalue weighted by molar-refractivity contribution is 6.30. The molecule has 1 aliphatic carbocycles. The van der Waals surface area contributed by atoms with Gasteiger partial charge in [-0.05, 0) is 49.9 Å². The van der Waals surface area contributed by atoms with E-state index in [0.717, 1.165) is 12.8 Å². The second-order valence-electron chi connectivity index (χ2n) is 10.5. The van der Waals surface area contributed by atoms with Crippen molar-refractivity contribution >= 4 is 51.9 Å². The van der Waals surface area contributed by atoms with Crippen LogP contribution >= 0.6 is 11.6 Å². The summed E-state index contributed by atoms with van der Waals surface area (Å²) in [6, 6.07) is 8.25. The summed E-state index contributed by atoms with van der Waals surface area (Å²) in [5, 5.41) is 5.67. The number of carbonyl (C=O) groups excluding carboxylic acids is 4. The number of anilines is 1. The number of likely N-dealkylation sites (tertiary alicyclic amines) is 1. The van der Waals surface area contributed by atoms with Crippen LogP contribution in [0.5, 0.6) is 0 Å². The van der Waals surface area contributed by atoms with Gasteiger partial charge in [-0.1, -0.05) is 23.7 Å². The number of nitrogens with zero attached hydrogens (tertiary/aromatic N) is 2. The molecule has 2 atom stereocenters. The first-order valence-corrected chi connectivity index (χ1v) is 13.7. The molecule has 2 aromatic carbocycles. The van der Waals surface area contributed by atoms with Crippen molar-refractivity contribution in [2.24, 2.45) is 5.92 Å². The molecule has 2 aliphatic rings. The first kappa shape index (κ1) is 28.5. The summed E-state index contributed by atoms with van der Waals surface area (Å²) in [7, 11) is 0. The summed E-state index contributed by atoms with van der Waals surface area (Å²) in [6.07, 6.45) is 1.44. The van der Waals surface area contributed by atoms with Crippen LogP contribution in [0.2, 0.25) is 5.02 Å². The van der Waals surface area contributed by atoms with Crippen LogP contribution < -0.4 is 10.6 Å². The predicted octanol–water partition coefficient (Wildman–Crippen LogP) is 4.85. The van der Waals surface area contributed by atoms with Gasteiger partial charge in [-0.15, -0.1) is 0 Å². The second-order valence-corrected chi connectivity index (χ2v) is 10.9. The van der Waals surface area contributed by atoms with E-state index in [1.165, 1.54) is 30.2 Å². The summed E-state index contributed by atoms with van der Waals surface area (Å²) < 4.78 is 35.4. The van der Waals surface area contributed by atoms with Crippen LogP contribution in [0, 0.1) is 11.7 Å². The lowest BCUT2D eigenvalue weighted by atomic mass is 10.1. The average Bonchev–Trinajstić information content (AvgIpc) is 3.58. The molecule has 12 heteroatoms. The van der Waals surface area contributed by atoms with Gasteiger partial charge in [-0.2, -0.15) is 0 Å². The monoisotopic (exact) mass is 586 g/mol. The van der Waals surface area contributed by atoms with Gasteiger partial charge in [-0.25, -0.2) is 13.6 Å². The molecule has 1 aliphatic heterocycles. The molecule has 0 spiro atoms. The van der Waals surface area contributed by atoms with Gasteiger partial charge < -0.3 is 19.5 Å². The summed E-state index contributed by atoms with van der Waals surface area (Å²) in [5.41, 5.74) is 1.48. The van der Waals surface area contributed by atoms with E-state index in [-0.39, 0.29) is 42.4 Å². The highest BCUT2D eigenvalue weighted by Gasteiger charge is 2.39. The van der Waals surface area contributed by atoms with Gasteiger partial charge in [0.2, 0.25) is 11.8 Å². The number of fused-ring (bicyclic) bond motifs is 1. The van der Waals surface area contributed by atoms with Crippen molar-refractivity contribution in [3.63, 3.8) is 0 Å². The Labute approximate surface area is 239 Å². The molecular formula is C29H29ClF2N4O5. The fourth-order valence-corrected chi connectivity index (χ4v) is 5.14. The van der Waals surface area contributed by atoms with Gasteiger partial charge in [0.1, 0.15) is 24.6 Å². The maximum Gasteiger partial charge on any atom is 0.411 e. The van der Waals surface area contributed by atoms with Crippen molar-refractivity contribution in [3.8, 4) is 0 Å². The molecule has 3 aromatic rings. The molecule has 2 N–H and O–H groups in total. The third-order valence-corrected chi connectivity index (χ3v) is 7.61. The summed E-state index contributed by atoms with van der Waals surface area (Å²) >= 11 is 5.80. The summed E-state index contributed by atoms with van der Waals surface area (Å²) in [4.78, 5) is 51.9. The normalized spacial score (nSPS) is 18.4. The Morgan fingerprint density at radius 1 is 1.15 bits per heavy atom. The molecule has 0 bridgehead atoms. The number of alkyl halides is 1. The van der Waals surface area contributed by atoms with E-state index in [1.807, 2.05) is 0 Å². The van der Waals surface area contributed by atoms with Gasteiger partial charge in [0, 0.05) is 46.9 Å². The average molecular weight is 587 g/mol. The number of ether oxygens (including phenoxy) is 1. The van der Waals surface area contributed by atoms with Crippen LogP contribution in [0.1, 0.15) is 42.1 Å². The Hall–Kier alpha value is -3.99. The Kier molecular flexibility index (Phi) is 8.25. The Bertz CT molecular complexity index is 1520. The summed E-state index contributed by atoms with van der Waals surface area (Å²) in [6.45, 7) is 1.06. The molecule has 1 saturated carbocycles. The van der Waals surface area contributed by atoms with Crippen LogP contribution in [0.4, 0.5) is 19.3 Å². The quantitative estimate of drug-likeness (QED) is 0.348. The van der Waals surface area contributed by atoms with E-state index in [1.54, 1.807) is 28.8 Å². The fourth-order valence-electron chi connectivity index (χ4n) is 4.95. The zero-order chi connectivity index (χ0) is 29.3. The first-order valence-electron chi connectivity index (χ1n) is 13.3. The highest BCUT2D eigenvalue weighted by Crippen LogP contribution is 2.30. The van der Waals surface area contributed by atoms with Crippen LogP contribution in [-0.4, -0.2) is 58.5 Å². The van der Waals surface area contributed by atoms with Crippen molar-refractivity contribution < 1.29 is 32.7 Å². The van der Waals surface area contributed by atoms with Crippen molar-refractivity contribution in [1.29, 1.82) is 0 Å². The number of hydrogen-bond acceptors (Lipinski definition) is 5. The maximum atomic E-state index is 14.4. The van der Waals surface area contributed by atoms with Gasteiger partial charge in [0.15, 0.2) is 5.78 Å². The number of aromatic nitrogens is 1. The van der Waals surface area contributed by atoms with Crippen LogP contribution in [-0.2, 0) is 27.4 Å². The third-order valence-electron chi connectivity index (χ3n) is 7.32. The molecule has 0 radical (unpaired) electrons. The van der Waals surface area contributed by atoms with Gasteiger partial charge in [0.25, 0.3) is 0 Å². The van der Waals surface area contributed by atoms with Gasteiger partial charge in [-0.3, -0.25) is 19.7 Å². The molecule has 1 aromatic heterocycles. The number of halogens is 3. The van der Waals surface area contributed by atoms with Crippen LogP contribution in [0.3, 0.4) is 0 Å². The second kappa shape index (κ2) is 11.9. The van der Waals surface area contributed by atoms with E-state index in [9.17, 15) is 28.0 Å². The molecule has 216 valence electrons. The van der Waals surface area contributed by atoms with E-state index in [0.29, 0.717) is 34.7 Å². The summed E-state index contributed by atoms with van der Waals surface area (Å²) in [5.74, 6) is -1.61. The Morgan fingerprint density at radius 2 is 1.93 bits per heavy atom. The molecule has 5 rings (SSSR count). The molecule has 2 heterocycles. The molecule has 1 saturated heterocycles.